The van der Waals surface area contributed by atoms with E-state index in [1.54, 1.807) is 0 Å². The first-order chi connectivity index (χ1) is 49.8. The fraction of sp³-hybridized carbons (Fsp3) is 0.940. The molecule has 0 saturated carbocycles. The second-order valence-electron chi connectivity index (χ2n) is 30.7. The number of nitrogens with one attached hydrogen (secondary N) is 1. The topological polar surface area (TPSA) is 307 Å². The Morgan fingerprint density at radius 2 is 0.647 bits per heavy atom. The Hall–Kier alpha value is -1.73. The largest absolute Gasteiger partial charge is 0.394 e. The van der Waals surface area contributed by atoms with E-state index in [1.807, 2.05) is 0 Å². The molecule has 3 saturated heterocycles. The van der Waals surface area contributed by atoms with Crippen LogP contribution in [0.2, 0.25) is 0 Å². The van der Waals surface area contributed by atoms with Crippen LogP contribution >= 0.6 is 0 Å². The SMILES string of the molecule is CCCCCCC/C=C\C/C=C\CCCCCCCCCCCCCCCCCCCCCCCCCCCCCCCC(=O)NC(COC1OC(CO)C(OC2OC(CO)C(OC3OC(CO)C(O)C(O)C3O)C(O)C2O)C(O)C1O)C(O)CCCCCCCCCCCCCCCCCC. The zero-order valence-electron chi connectivity index (χ0n) is 64.6. The van der Waals surface area contributed by atoms with E-state index in [-0.39, 0.29) is 18.9 Å². The van der Waals surface area contributed by atoms with Gasteiger partial charge in [-0.15, -0.1) is 0 Å². The quantitative estimate of drug-likeness (QED) is 0.0199. The Kier molecular flexibility index (Phi) is 59.4. The summed E-state index contributed by atoms with van der Waals surface area (Å²) in [6.07, 6.45) is 51.6. The molecule has 0 aromatic heterocycles. The van der Waals surface area contributed by atoms with Crippen LogP contribution in [0.4, 0.5) is 0 Å². The van der Waals surface area contributed by atoms with Gasteiger partial charge in [0.15, 0.2) is 18.9 Å². The molecule has 19 nitrogen and oxygen atoms in total. The molecule has 1 amide bonds. The van der Waals surface area contributed by atoms with Gasteiger partial charge in [0.05, 0.1) is 38.6 Å². The summed E-state index contributed by atoms with van der Waals surface area (Å²) in [5.41, 5.74) is 0. The Bertz CT molecular complexity index is 1940. The van der Waals surface area contributed by atoms with Crippen LogP contribution in [0.5, 0.6) is 0 Å². The van der Waals surface area contributed by atoms with E-state index in [2.05, 4.69) is 43.5 Å². The predicted octanol–water partition coefficient (Wildman–Crippen LogP) is 14.9. The van der Waals surface area contributed by atoms with Crippen molar-refractivity contribution in [2.45, 2.75) is 471 Å². The standard InChI is InChI=1S/C83H157NO18/c1-3-5-7-9-11-13-15-17-19-21-22-23-24-25-26-27-28-29-30-31-32-33-34-35-36-37-38-39-40-41-42-43-44-45-47-49-51-53-55-57-59-61-71(89)84-66(67(88)60-58-56-54-52-50-48-46-20-18-16-14-12-10-8-6-4-2)65-97-81-77(95)74(92)79(69(63-86)99-81)102-83-78(96)75(93)80(70(64-87)100-83)101-82-76(94)73(91)72(90)68(62-85)98-82/h15,17,21-22,66-70,72-83,85-88,90-96H,3-14,16,18-20,23-65H2,1-2H3,(H,84,89)/b17-15-,22-21-. The molecule has 17 atom stereocenters. The fourth-order valence-electron chi connectivity index (χ4n) is 14.7. The first kappa shape index (κ1) is 94.5. The zero-order valence-corrected chi connectivity index (χ0v) is 64.6. The third kappa shape index (κ3) is 43.5. The zero-order chi connectivity index (χ0) is 73.9. The van der Waals surface area contributed by atoms with Gasteiger partial charge in [-0.05, 0) is 44.9 Å². The Balaban J connectivity index is 1.26. The van der Waals surface area contributed by atoms with Crippen molar-refractivity contribution in [3.8, 4) is 0 Å². The molecule has 3 rings (SSSR count). The van der Waals surface area contributed by atoms with Gasteiger partial charge in [0.1, 0.15) is 73.2 Å². The summed E-state index contributed by atoms with van der Waals surface area (Å²) in [5.74, 6) is -0.235. The lowest BCUT2D eigenvalue weighted by molar-refractivity contribution is -0.379. The number of aliphatic hydroxyl groups excluding tert-OH is 11. The first-order valence-corrected chi connectivity index (χ1v) is 42.6. The van der Waals surface area contributed by atoms with E-state index in [1.165, 1.54) is 283 Å². The van der Waals surface area contributed by atoms with Crippen LogP contribution in [0.15, 0.2) is 24.3 Å². The highest BCUT2D eigenvalue weighted by atomic mass is 16.8. The Morgan fingerprint density at radius 1 is 0.353 bits per heavy atom. The number of amides is 1. The lowest BCUT2D eigenvalue weighted by atomic mass is 9.96. The van der Waals surface area contributed by atoms with Crippen LogP contribution in [-0.2, 0) is 33.2 Å². The number of rotatable bonds is 69. The van der Waals surface area contributed by atoms with Crippen molar-refractivity contribution in [3.63, 3.8) is 0 Å². The molecule has 102 heavy (non-hydrogen) atoms. The molecule has 3 aliphatic rings. The van der Waals surface area contributed by atoms with Crippen molar-refractivity contribution < 1.29 is 89.4 Å². The van der Waals surface area contributed by atoms with Crippen molar-refractivity contribution in [3.05, 3.63) is 24.3 Å². The number of ether oxygens (including phenoxy) is 6. The molecule has 17 unspecified atom stereocenters. The van der Waals surface area contributed by atoms with E-state index in [0.717, 1.165) is 51.4 Å². The van der Waals surface area contributed by atoms with Gasteiger partial charge in [0.2, 0.25) is 5.91 Å². The molecule has 0 bridgehead atoms. The molecule has 602 valence electrons. The van der Waals surface area contributed by atoms with Crippen LogP contribution in [0.1, 0.15) is 367 Å². The van der Waals surface area contributed by atoms with Gasteiger partial charge in [0, 0.05) is 6.42 Å². The number of unbranched alkanes of at least 4 members (excludes halogenated alkanes) is 49. The number of allylic oxidation sites excluding steroid dienone is 4. The molecule has 3 heterocycles. The molecule has 0 aliphatic carbocycles. The maximum absolute atomic E-state index is 13.5. The second-order valence-corrected chi connectivity index (χ2v) is 30.7. The number of hydrogen-bond acceptors (Lipinski definition) is 18. The van der Waals surface area contributed by atoms with Gasteiger partial charge in [-0.25, -0.2) is 0 Å². The fourth-order valence-corrected chi connectivity index (χ4v) is 14.7. The lowest BCUT2D eigenvalue weighted by Gasteiger charge is -2.48. The van der Waals surface area contributed by atoms with Gasteiger partial charge in [-0.2, -0.15) is 0 Å². The van der Waals surface area contributed by atoms with Crippen molar-refractivity contribution in [2.75, 3.05) is 26.4 Å². The van der Waals surface area contributed by atoms with Crippen molar-refractivity contribution >= 4 is 5.91 Å². The molecule has 0 spiro atoms. The highest BCUT2D eigenvalue weighted by molar-refractivity contribution is 5.76. The van der Waals surface area contributed by atoms with E-state index in [4.69, 9.17) is 28.4 Å². The van der Waals surface area contributed by atoms with Gasteiger partial charge < -0.3 is 89.9 Å². The molecule has 0 aromatic rings. The van der Waals surface area contributed by atoms with Crippen LogP contribution in [0.3, 0.4) is 0 Å². The third-order valence-electron chi connectivity index (χ3n) is 21.5. The summed E-state index contributed by atoms with van der Waals surface area (Å²) in [7, 11) is 0. The smallest absolute Gasteiger partial charge is 0.220 e. The number of carbonyl (C=O) groups is 1. The highest BCUT2D eigenvalue weighted by Gasteiger charge is 2.54. The molecule has 0 aromatic carbocycles. The molecule has 0 radical (unpaired) electrons. The first-order valence-electron chi connectivity index (χ1n) is 42.6. The highest BCUT2D eigenvalue weighted by Crippen LogP contribution is 2.34. The molecule has 19 heteroatoms. The monoisotopic (exact) mass is 1460 g/mol. The minimum Gasteiger partial charge on any atom is -0.394 e. The van der Waals surface area contributed by atoms with E-state index < -0.39 is 124 Å². The van der Waals surface area contributed by atoms with Crippen LogP contribution in [0, 0.1) is 0 Å². The molecular formula is C83H157NO18. The average molecular weight is 1460 g/mol. The predicted molar refractivity (Wildman–Crippen MR) is 406 cm³/mol. The van der Waals surface area contributed by atoms with Crippen LogP contribution in [-0.4, -0.2) is 193 Å². The number of carbonyl (C=O) groups excluding carboxylic acids is 1. The second kappa shape index (κ2) is 64.1. The van der Waals surface area contributed by atoms with Crippen LogP contribution in [0.25, 0.3) is 0 Å². The van der Waals surface area contributed by atoms with Crippen molar-refractivity contribution in [1.82, 2.24) is 5.32 Å². The van der Waals surface area contributed by atoms with E-state index in [9.17, 15) is 61.0 Å². The van der Waals surface area contributed by atoms with E-state index >= 15 is 0 Å². The normalized spacial score (nSPS) is 26.2. The van der Waals surface area contributed by atoms with E-state index in [0.29, 0.717) is 12.8 Å². The molecular weight excluding hydrogens is 1300 g/mol. The average Bonchev–Trinajstić information content (AvgIpc) is 0.755. The molecule has 12 N–H and O–H groups in total. The number of aliphatic hydroxyl groups is 11. The summed E-state index contributed by atoms with van der Waals surface area (Å²) in [6, 6.07) is -0.884. The van der Waals surface area contributed by atoms with Gasteiger partial charge in [-0.3, -0.25) is 4.79 Å². The summed E-state index contributed by atoms with van der Waals surface area (Å²) < 4.78 is 34.5. The van der Waals surface area contributed by atoms with Crippen molar-refractivity contribution in [1.29, 1.82) is 0 Å². The molecule has 3 aliphatic heterocycles. The minimum atomic E-state index is -1.97. The van der Waals surface area contributed by atoms with Gasteiger partial charge in [0.25, 0.3) is 0 Å². The van der Waals surface area contributed by atoms with Gasteiger partial charge in [-0.1, -0.05) is 340 Å². The van der Waals surface area contributed by atoms with Crippen molar-refractivity contribution in [2.24, 2.45) is 0 Å². The molecule has 3 fully saturated rings. The Morgan fingerprint density at radius 3 is 1.00 bits per heavy atom. The number of hydrogen-bond donors (Lipinski definition) is 12. The Labute approximate surface area is 619 Å². The summed E-state index contributed by atoms with van der Waals surface area (Å²) >= 11 is 0. The minimum absolute atomic E-state index is 0.235. The maximum atomic E-state index is 13.5. The summed E-state index contributed by atoms with van der Waals surface area (Å²) in [4.78, 5) is 13.5. The van der Waals surface area contributed by atoms with Gasteiger partial charge >= 0.3 is 0 Å². The summed E-state index contributed by atoms with van der Waals surface area (Å²) in [6.45, 7) is 1.84. The lowest BCUT2D eigenvalue weighted by Crippen LogP contribution is -2.66. The summed E-state index contributed by atoms with van der Waals surface area (Å²) in [5, 5.41) is 121. The van der Waals surface area contributed by atoms with Crippen LogP contribution < -0.4 is 5.32 Å². The third-order valence-corrected chi connectivity index (χ3v) is 21.5. The maximum Gasteiger partial charge on any atom is 0.220 e.